The predicted octanol–water partition coefficient (Wildman–Crippen LogP) is 7.26. The highest BCUT2D eigenvalue weighted by Gasteiger charge is 2.16. The van der Waals surface area contributed by atoms with Gasteiger partial charge in [0.15, 0.2) is 5.65 Å². The third kappa shape index (κ3) is 6.16. The average molecular weight is 418 g/mol. The maximum atomic E-state index is 8.99. The zero-order valence-corrected chi connectivity index (χ0v) is 18.7. The number of nitrogens with zero attached hydrogens (tertiary/aromatic N) is 4. The van der Waals surface area contributed by atoms with Crippen molar-refractivity contribution in [1.82, 2.24) is 14.5 Å². The summed E-state index contributed by atoms with van der Waals surface area (Å²) >= 11 is 0. The number of benzene rings is 2. The molecular weight excluding hydrogens is 382 g/mol. The summed E-state index contributed by atoms with van der Waals surface area (Å²) in [4.78, 5) is 9.17. The number of nitriles is 1. The quantitative estimate of drug-likeness (QED) is 0.372. The van der Waals surface area contributed by atoms with Gasteiger partial charge in [-0.15, -0.1) is 0 Å². The van der Waals surface area contributed by atoms with Crippen LogP contribution >= 0.6 is 0 Å². The first kappa shape index (κ1) is 27.4. The second-order valence-electron chi connectivity index (χ2n) is 5.37. The van der Waals surface area contributed by atoms with Gasteiger partial charge < -0.3 is 5.73 Å². The minimum absolute atomic E-state index is 0. The highest BCUT2D eigenvalue weighted by Crippen LogP contribution is 2.29. The molecule has 0 bridgehead atoms. The van der Waals surface area contributed by atoms with Gasteiger partial charge in [0.2, 0.25) is 0 Å². The van der Waals surface area contributed by atoms with Crippen molar-refractivity contribution in [3.8, 4) is 23.1 Å². The molecule has 2 aromatic heterocycles. The predicted molar refractivity (Wildman–Crippen MR) is 134 cm³/mol. The van der Waals surface area contributed by atoms with E-state index in [0.717, 1.165) is 17.1 Å². The van der Waals surface area contributed by atoms with E-state index in [2.05, 4.69) is 11.1 Å². The van der Waals surface area contributed by atoms with Gasteiger partial charge in [-0.25, -0.2) is 9.97 Å². The summed E-state index contributed by atoms with van der Waals surface area (Å²) < 4.78 is 1.98. The number of hydrogen-bond donors (Lipinski definition) is 1. The van der Waals surface area contributed by atoms with Gasteiger partial charge in [0.05, 0.1) is 17.3 Å². The molecule has 31 heavy (non-hydrogen) atoms. The minimum Gasteiger partial charge on any atom is -0.397 e. The van der Waals surface area contributed by atoms with Crippen molar-refractivity contribution in [2.45, 2.75) is 49.0 Å². The van der Waals surface area contributed by atoms with Crippen LogP contribution in [-0.2, 0) is 0 Å². The molecule has 5 heteroatoms. The summed E-state index contributed by atoms with van der Waals surface area (Å²) in [6.45, 7) is 12.0. The number of fused-ring (bicyclic) bond motifs is 1. The van der Waals surface area contributed by atoms with Crippen LogP contribution in [0.2, 0.25) is 0 Å². The fraction of sp³-hybridized carbons (Fsp3) is 0.269. The van der Waals surface area contributed by atoms with Gasteiger partial charge in [-0.2, -0.15) is 5.26 Å². The van der Waals surface area contributed by atoms with Gasteiger partial charge in [0.1, 0.15) is 11.3 Å². The summed E-state index contributed by atoms with van der Waals surface area (Å²) in [5, 5.41) is 8.99. The Morgan fingerprint density at radius 3 is 1.97 bits per heavy atom. The molecular formula is C26H35N5. The zero-order chi connectivity index (χ0) is 22.5. The van der Waals surface area contributed by atoms with E-state index in [-0.39, 0.29) is 7.43 Å². The fourth-order valence-corrected chi connectivity index (χ4v) is 2.70. The van der Waals surface area contributed by atoms with Crippen LogP contribution in [-0.4, -0.2) is 14.5 Å². The number of imidazole rings is 1. The molecule has 0 saturated carbocycles. The summed E-state index contributed by atoms with van der Waals surface area (Å²) in [6.07, 6.45) is 1.68. The van der Waals surface area contributed by atoms with E-state index < -0.39 is 0 Å². The molecule has 0 fully saturated rings. The summed E-state index contributed by atoms with van der Waals surface area (Å²) in [7, 11) is 0. The Bertz CT molecular complexity index is 1060. The van der Waals surface area contributed by atoms with Crippen LogP contribution in [0.3, 0.4) is 0 Å². The molecule has 2 N–H and O–H groups in total. The Morgan fingerprint density at radius 1 is 0.839 bits per heavy atom. The first-order valence-electron chi connectivity index (χ1n) is 10.5. The van der Waals surface area contributed by atoms with Crippen molar-refractivity contribution >= 4 is 16.9 Å². The van der Waals surface area contributed by atoms with E-state index in [1.807, 2.05) is 88.6 Å². The van der Waals surface area contributed by atoms with Crippen molar-refractivity contribution in [2.75, 3.05) is 5.73 Å². The van der Waals surface area contributed by atoms with Gasteiger partial charge in [-0.1, -0.05) is 67.2 Å². The van der Waals surface area contributed by atoms with Crippen LogP contribution < -0.4 is 5.73 Å². The molecule has 0 atom stereocenters. The lowest BCUT2D eigenvalue weighted by atomic mass is 10.1. The molecule has 0 unspecified atom stereocenters. The van der Waals surface area contributed by atoms with Crippen molar-refractivity contribution in [1.29, 1.82) is 5.26 Å². The molecule has 0 spiro atoms. The maximum Gasteiger partial charge on any atom is 0.167 e. The summed E-state index contributed by atoms with van der Waals surface area (Å²) in [6, 6.07) is 21.1. The van der Waals surface area contributed by atoms with Crippen LogP contribution in [0.1, 0.15) is 54.5 Å². The molecule has 5 nitrogen and oxygen atoms in total. The van der Waals surface area contributed by atoms with Gasteiger partial charge in [-0.3, -0.25) is 4.57 Å². The number of anilines is 1. The zero-order valence-electron chi connectivity index (χ0n) is 18.7. The topological polar surface area (TPSA) is 80.5 Å². The molecule has 0 aliphatic rings. The largest absolute Gasteiger partial charge is 0.397 e. The van der Waals surface area contributed by atoms with Gasteiger partial charge >= 0.3 is 0 Å². The van der Waals surface area contributed by atoms with E-state index in [4.69, 9.17) is 16.0 Å². The van der Waals surface area contributed by atoms with Crippen molar-refractivity contribution in [2.24, 2.45) is 0 Å². The first-order chi connectivity index (χ1) is 14.8. The second kappa shape index (κ2) is 14.4. The molecule has 4 rings (SSSR count). The van der Waals surface area contributed by atoms with Crippen LogP contribution in [0.25, 0.3) is 28.2 Å². The Hall–Kier alpha value is -3.65. The third-order valence-corrected chi connectivity index (χ3v) is 3.86. The highest BCUT2D eigenvalue weighted by atomic mass is 15.1. The van der Waals surface area contributed by atoms with Crippen molar-refractivity contribution in [3.05, 3.63) is 72.4 Å². The number of hydrogen-bond acceptors (Lipinski definition) is 4. The Kier molecular flexibility index (Phi) is 12.7. The number of nitrogen functional groups attached to an aromatic ring is 1. The number of nitrogens with two attached hydrogens (primary N) is 1. The fourth-order valence-electron chi connectivity index (χ4n) is 2.70. The molecule has 0 aliphatic heterocycles. The number of aromatic nitrogens is 3. The average Bonchev–Trinajstić information content (AvgIpc) is 3.24. The summed E-state index contributed by atoms with van der Waals surface area (Å²) in [5.41, 5.74) is 10.5. The molecule has 164 valence electrons. The van der Waals surface area contributed by atoms with Crippen molar-refractivity contribution < 1.29 is 0 Å². The smallest absolute Gasteiger partial charge is 0.167 e. The lowest BCUT2D eigenvalue weighted by Crippen LogP contribution is -1.98. The van der Waals surface area contributed by atoms with Crippen molar-refractivity contribution in [3.63, 3.8) is 0 Å². The normalized spacial score (nSPS) is 8.81. The van der Waals surface area contributed by atoms with Crippen LogP contribution in [0.4, 0.5) is 5.69 Å². The molecule has 0 saturated heterocycles. The second-order valence-corrected chi connectivity index (χ2v) is 5.37. The van der Waals surface area contributed by atoms with E-state index in [9.17, 15) is 0 Å². The first-order valence-corrected chi connectivity index (χ1v) is 10.5. The molecule has 0 amide bonds. The van der Waals surface area contributed by atoms with Crippen LogP contribution in [0.5, 0.6) is 0 Å². The lowest BCUT2D eigenvalue weighted by Gasteiger charge is -2.08. The number of para-hydroxylation sites is 1. The summed E-state index contributed by atoms with van der Waals surface area (Å²) in [5.74, 6) is 0.742. The number of pyridine rings is 1. The molecule has 2 aromatic carbocycles. The standard InChI is InChI=1S/C19H13N5.3C2H6.CH4/c20-12-13-6-8-14(9-7-13)18-23-17-16(21)10-11-22-19(17)24(18)15-4-2-1-3-5-15;3*1-2;/h1-11H,(H2,21,22);3*1-2H3;1H4. The minimum atomic E-state index is 0. The maximum absolute atomic E-state index is 8.99. The molecule has 4 aromatic rings. The SMILES string of the molecule is C.CC.CC.CC.N#Cc1ccc(-c2nc3c(N)ccnc3n2-c2ccccc2)cc1. The number of rotatable bonds is 2. The van der Waals surface area contributed by atoms with Crippen LogP contribution in [0.15, 0.2) is 66.9 Å². The van der Waals surface area contributed by atoms with E-state index in [0.29, 0.717) is 22.4 Å². The molecule has 0 radical (unpaired) electrons. The Morgan fingerprint density at radius 2 is 1.42 bits per heavy atom. The van der Waals surface area contributed by atoms with Gasteiger partial charge in [0.25, 0.3) is 0 Å². The van der Waals surface area contributed by atoms with E-state index in [1.165, 1.54) is 0 Å². The Balaban J connectivity index is 0.00000119. The molecule has 2 heterocycles. The van der Waals surface area contributed by atoms with Gasteiger partial charge in [-0.05, 0) is 42.5 Å². The monoisotopic (exact) mass is 417 g/mol. The van der Waals surface area contributed by atoms with E-state index >= 15 is 0 Å². The lowest BCUT2D eigenvalue weighted by molar-refractivity contribution is 1.08. The van der Waals surface area contributed by atoms with Crippen LogP contribution in [0, 0.1) is 11.3 Å². The van der Waals surface area contributed by atoms with E-state index in [1.54, 1.807) is 24.4 Å². The Labute approximate surface area is 187 Å². The van der Waals surface area contributed by atoms with Gasteiger partial charge in [0, 0.05) is 17.4 Å². The third-order valence-electron chi connectivity index (χ3n) is 3.86. The highest BCUT2D eigenvalue weighted by molar-refractivity contribution is 5.88. The molecule has 0 aliphatic carbocycles.